The summed E-state index contributed by atoms with van der Waals surface area (Å²) in [4.78, 5) is 33.1. The van der Waals surface area contributed by atoms with E-state index in [9.17, 15) is 9.59 Å². The maximum absolute atomic E-state index is 14.3. The quantitative estimate of drug-likeness (QED) is 0.248. The van der Waals surface area contributed by atoms with Crippen LogP contribution >= 0.6 is 0 Å². The second-order valence-corrected chi connectivity index (χ2v) is 10.7. The maximum Gasteiger partial charge on any atom is 1.00 e. The number of aromatic amines is 1. The third-order valence-corrected chi connectivity index (χ3v) is 7.18. The molecule has 0 atom stereocenters. The first-order chi connectivity index (χ1) is 20.8. The molecule has 10 nitrogen and oxygen atoms in total. The summed E-state index contributed by atoms with van der Waals surface area (Å²) in [5, 5.41) is 8.55. The summed E-state index contributed by atoms with van der Waals surface area (Å²) >= 11 is 0. The number of nitrogens with zero attached hydrogens (tertiary/aromatic N) is 5. The molecule has 3 aromatic heterocycles. The smallest absolute Gasteiger partial charge is 1.00 e. The Hall–Kier alpha value is -3.61. The molecule has 0 spiro atoms. The summed E-state index contributed by atoms with van der Waals surface area (Å²) in [6.45, 7) is 7.88. The summed E-state index contributed by atoms with van der Waals surface area (Å²) in [6.07, 6.45) is 2.01. The van der Waals surface area contributed by atoms with Gasteiger partial charge in [-0.05, 0) is 68.1 Å². The third-order valence-electron chi connectivity index (χ3n) is 7.18. The normalized spacial score (nSPS) is 11.2. The van der Waals surface area contributed by atoms with Crippen LogP contribution in [-0.2, 0) is 12.8 Å². The van der Waals surface area contributed by atoms with E-state index in [2.05, 4.69) is 22.0 Å². The number of benzene rings is 3. The number of hydrogen-bond donors (Lipinski definition) is 1. The van der Waals surface area contributed by atoms with Crippen LogP contribution in [0, 0.1) is 6.92 Å². The molecule has 3 heterocycles. The van der Waals surface area contributed by atoms with Crippen molar-refractivity contribution in [3.63, 3.8) is 0 Å². The number of rotatable bonds is 9. The van der Waals surface area contributed by atoms with Crippen molar-refractivity contribution in [2.45, 2.75) is 53.1 Å². The van der Waals surface area contributed by atoms with Gasteiger partial charge in [0.15, 0.2) is 5.82 Å². The Balaban J connectivity index is 0.00000230. The molecular weight excluding hydrogens is 583 g/mol. The third kappa shape index (κ3) is 6.42. The summed E-state index contributed by atoms with van der Waals surface area (Å²) in [5.74, 6) is 1.59. The molecule has 0 aliphatic carbocycles. The molecule has 0 bridgehead atoms. The molecule has 0 radical (unpaired) electrons. The zero-order valence-electron chi connectivity index (χ0n) is 26.5. The molecule has 6 rings (SSSR count). The Morgan fingerprint density at radius 1 is 0.977 bits per heavy atom. The van der Waals surface area contributed by atoms with Gasteiger partial charge >= 0.3 is 57.1 Å². The van der Waals surface area contributed by atoms with E-state index < -0.39 is 5.76 Å². The summed E-state index contributed by atoms with van der Waals surface area (Å²) in [5.41, 5.74) is 5.70. The monoisotopic (exact) mass is 616 g/mol. The van der Waals surface area contributed by atoms with Gasteiger partial charge in [-0.1, -0.05) is 67.0 Å². The van der Waals surface area contributed by atoms with E-state index in [1.54, 1.807) is 4.57 Å². The van der Waals surface area contributed by atoms with Gasteiger partial charge in [0.05, 0.1) is 17.5 Å². The van der Waals surface area contributed by atoms with Gasteiger partial charge in [0, 0.05) is 17.5 Å². The second-order valence-electron chi connectivity index (χ2n) is 10.7. The summed E-state index contributed by atoms with van der Waals surface area (Å²) in [7, 11) is 0. The first-order valence-corrected chi connectivity index (χ1v) is 14.3. The zero-order chi connectivity index (χ0) is 30.1. The summed E-state index contributed by atoms with van der Waals surface area (Å²) in [6, 6.07) is 23.2. The molecule has 3 aromatic carbocycles. The van der Waals surface area contributed by atoms with Crippen molar-refractivity contribution in [2.75, 3.05) is 0 Å². The first kappa shape index (κ1) is 31.8. The Labute approximate surface area is 298 Å². The molecular formula is C33H33KN6O4. The number of H-pyrrole nitrogens is 1. The Morgan fingerprint density at radius 2 is 1.68 bits per heavy atom. The number of aryl methyl sites for hydroxylation is 2. The predicted molar refractivity (Wildman–Crippen MR) is 165 cm³/mol. The molecule has 0 saturated heterocycles. The minimum Gasteiger partial charge on any atom is -1.00 e. The van der Waals surface area contributed by atoms with Gasteiger partial charge in [-0.3, -0.25) is 14.3 Å². The van der Waals surface area contributed by atoms with Gasteiger partial charge in [0.1, 0.15) is 11.6 Å². The van der Waals surface area contributed by atoms with Crippen LogP contribution in [0.3, 0.4) is 0 Å². The molecule has 6 aromatic rings. The van der Waals surface area contributed by atoms with Gasteiger partial charge in [0.2, 0.25) is 5.78 Å². The van der Waals surface area contributed by atoms with E-state index in [1.165, 1.54) is 0 Å². The molecule has 0 amide bonds. The van der Waals surface area contributed by atoms with Crippen LogP contribution in [0.25, 0.3) is 34.0 Å². The van der Waals surface area contributed by atoms with Crippen molar-refractivity contribution in [1.82, 2.24) is 29.3 Å². The Morgan fingerprint density at radius 3 is 2.32 bits per heavy atom. The first-order valence-electron chi connectivity index (χ1n) is 14.3. The number of ether oxygens (including phenoxy) is 1. The van der Waals surface area contributed by atoms with Gasteiger partial charge < -0.3 is 6.16 Å². The molecule has 44 heavy (non-hydrogen) atoms. The average Bonchev–Trinajstić information content (AvgIpc) is 3.61. The van der Waals surface area contributed by atoms with Crippen molar-refractivity contribution in [2.24, 2.45) is 0 Å². The summed E-state index contributed by atoms with van der Waals surface area (Å²) < 4.78 is 14.0. The van der Waals surface area contributed by atoms with E-state index in [0.717, 1.165) is 40.1 Å². The van der Waals surface area contributed by atoms with Crippen LogP contribution in [0.15, 0.2) is 86.9 Å². The standard InChI is InChI=1S/C33H32N6O4.K.H/c1-5-8-29-28(19-22-11-13-23(14-12-22)26-9-6-7-10-27(26)30-35-33(41)43-37-30)31(40)38(32-34-21(4)36-39(29)32)24-15-17-25(18-16-24)42-20(2)3;;/h6-7,9-18,20H,5,8,19H2,1-4H3,(H,35,37,41);;/q;+1;-1. The fourth-order valence-electron chi connectivity index (χ4n) is 5.35. The number of aromatic nitrogens is 6. The molecule has 1 N–H and O–H groups in total. The molecule has 0 saturated carbocycles. The van der Waals surface area contributed by atoms with E-state index in [1.807, 2.05) is 98.1 Å². The second kappa shape index (κ2) is 13.6. The molecule has 0 unspecified atom stereocenters. The zero-order valence-corrected chi connectivity index (χ0v) is 28.6. The molecule has 0 aliphatic rings. The van der Waals surface area contributed by atoms with Crippen molar-refractivity contribution in [1.29, 1.82) is 0 Å². The van der Waals surface area contributed by atoms with Crippen molar-refractivity contribution in [3.8, 4) is 34.0 Å². The Kier molecular flexibility index (Phi) is 9.81. The average molecular weight is 617 g/mol. The van der Waals surface area contributed by atoms with Crippen LogP contribution in [-0.4, -0.2) is 35.4 Å². The van der Waals surface area contributed by atoms with Crippen LogP contribution in [0.5, 0.6) is 5.75 Å². The van der Waals surface area contributed by atoms with Gasteiger partial charge in [-0.25, -0.2) is 13.9 Å². The van der Waals surface area contributed by atoms with E-state index >= 15 is 0 Å². The SMILES string of the molecule is CCCc1c(Cc2ccc(-c3ccccc3-c3noc(=O)[nH]3)cc2)c(=O)n(-c2ccc(OC(C)C)cc2)c2nc(C)nn12.[H-].[K+]. The fourth-order valence-corrected chi connectivity index (χ4v) is 5.35. The molecule has 11 heteroatoms. The molecule has 0 aliphatic heterocycles. The van der Waals surface area contributed by atoms with Crippen LogP contribution in [0.2, 0.25) is 0 Å². The van der Waals surface area contributed by atoms with E-state index in [0.29, 0.717) is 41.5 Å². The largest absolute Gasteiger partial charge is 1.00 e. The fraction of sp³-hybridized carbons (Fsp3) is 0.242. The number of nitrogens with one attached hydrogen (secondary N) is 1. The number of hydrogen-bond acceptors (Lipinski definition) is 7. The topological polar surface area (TPSA) is 120 Å². The van der Waals surface area contributed by atoms with Crippen LogP contribution < -0.4 is 67.4 Å². The van der Waals surface area contributed by atoms with Crippen molar-refractivity contribution >= 4 is 5.78 Å². The van der Waals surface area contributed by atoms with Crippen LogP contribution in [0.1, 0.15) is 51.3 Å². The van der Waals surface area contributed by atoms with Crippen molar-refractivity contribution < 1.29 is 62.1 Å². The minimum atomic E-state index is -0.604. The Bertz CT molecular complexity index is 2030. The van der Waals surface area contributed by atoms with Crippen LogP contribution in [0.4, 0.5) is 0 Å². The number of fused-ring (bicyclic) bond motifs is 1. The van der Waals surface area contributed by atoms with Gasteiger partial charge in [0.25, 0.3) is 5.56 Å². The maximum atomic E-state index is 14.3. The van der Waals surface area contributed by atoms with Gasteiger partial charge in [-0.15, -0.1) is 0 Å². The molecule has 0 fully saturated rings. The predicted octanol–water partition coefficient (Wildman–Crippen LogP) is 2.65. The minimum absolute atomic E-state index is 0. The molecule has 220 valence electrons. The van der Waals surface area contributed by atoms with E-state index in [-0.39, 0.29) is 64.5 Å². The van der Waals surface area contributed by atoms with E-state index in [4.69, 9.17) is 14.4 Å². The van der Waals surface area contributed by atoms with Crippen molar-refractivity contribution in [3.05, 3.63) is 116 Å². The van der Waals surface area contributed by atoms with Gasteiger partial charge in [-0.2, -0.15) is 10.1 Å².